The third kappa shape index (κ3) is 2.96. The maximum Gasteiger partial charge on any atom is 0.213 e. The van der Waals surface area contributed by atoms with E-state index in [1.165, 1.54) is 12.3 Å². The quantitative estimate of drug-likeness (QED) is 0.929. The molecular formula is C16H17FN2O. The normalized spacial score (nSPS) is 19.8. The van der Waals surface area contributed by atoms with Gasteiger partial charge in [-0.3, -0.25) is 0 Å². The molecule has 0 saturated carbocycles. The second kappa shape index (κ2) is 6.01. The Balaban J connectivity index is 1.83. The van der Waals surface area contributed by atoms with Crippen molar-refractivity contribution < 1.29 is 9.13 Å². The fourth-order valence-corrected chi connectivity index (χ4v) is 2.58. The first-order valence-electron chi connectivity index (χ1n) is 6.87. The van der Waals surface area contributed by atoms with E-state index in [9.17, 15) is 4.39 Å². The molecule has 3 rings (SSSR count). The number of benzene rings is 1. The molecule has 2 heterocycles. The SMILES string of the molecule is Fc1ccc(OC(c2ccccc2)C2CCNC2)nc1. The number of pyridine rings is 1. The molecule has 20 heavy (non-hydrogen) atoms. The van der Waals surface area contributed by atoms with Crippen molar-refractivity contribution in [2.24, 2.45) is 5.92 Å². The van der Waals surface area contributed by atoms with Gasteiger partial charge in [-0.15, -0.1) is 0 Å². The summed E-state index contributed by atoms with van der Waals surface area (Å²) in [5.74, 6) is 0.521. The van der Waals surface area contributed by atoms with Gasteiger partial charge in [-0.05, 0) is 24.6 Å². The molecule has 1 aromatic carbocycles. The van der Waals surface area contributed by atoms with Crippen LogP contribution in [0, 0.1) is 11.7 Å². The summed E-state index contributed by atoms with van der Waals surface area (Å²) in [6.07, 6.45) is 2.20. The third-order valence-corrected chi connectivity index (χ3v) is 3.60. The van der Waals surface area contributed by atoms with Gasteiger partial charge in [-0.25, -0.2) is 9.37 Å². The zero-order valence-electron chi connectivity index (χ0n) is 11.1. The third-order valence-electron chi connectivity index (χ3n) is 3.60. The lowest BCUT2D eigenvalue weighted by Gasteiger charge is -2.24. The van der Waals surface area contributed by atoms with Crippen molar-refractivity contribution in [1.29, 1.82) is 0 Å². The van der Waals surface area contributed by atoms with E-state index in [4.69, 9.17) is 4.74 Å². The number of hydrogen-bond donors (Lipinski definition) is 1. The van der Waals surface area contributed by atoms with Crippen LogP contribution in [-0.2, 0) is 0 Å². The Morgan fingerprint density at radius 2 is 2.05 bits per heavy atom. The minimum absolute atomic E-state index is 0.0517. The van der Waals surface area contributed by atoms with Crippen molar-refractivity contribution in [1.82, 2.24) is 10.3 Å². The van der Waals surface area contributed by atoms with Gasteiger partial charge >= 0.3 is 0 Å². The van der Waals surface area contributed by atoms with Crippen LogP contribution in [0.25, 0.3) is 0 Å². The second-order valence-electron chi connectivity index (χ2n) is 5.02. The van der Waals surface area contributed by atoms with Gasteiger partial charge in [0, 0.05) is 18.5 Å². The van der Waals surface area contributed by atoms with E-state index in [0.717, 1.165) is 25.1 Å². The standard InChI is InChI=1S/C16H17FN2O/c17-14-6-7-15(19-11-14)20-16(13-8-9-18-10-13)12-4-2-1-3-5-12/h1-7,11,13,16,18H,8-10H2. The predicted octanol–water partition coefficient (Wildman–Crippen LogP) is 2.95. The molecule has 1 N–H and O–H groups in total. The van der Waals surface area contributed by atoms with E-state index in [-0.39, 0.29) is 11.9 Å². The van der Waals surface area contributed by atoms with Crippen LogP contribution in [0.4, 0.5) is 4.39 Å². The first-order valence-corrected chi connectivity index (χ1v) is 6.87. The van der Waals surface area contributed by atoms with Gasteiger partial charge < -0.3 is 10.1 Å². The highest BCUT2D eigenvalue weighted by atomic mass is 19.1. The van der Waals surface area contributed by atoms with Crippen molar-refractivity contribution >= 4 is 0 Å². The number of rotatable bonds is 4. The van der Waals surface area contributed by atoms with Crippen LogP contribution in [0.15, 0.2) is 48.7 Å². The van der Waals surface area contributed by atoms with Crippen LogP contribution in [0.3, 0.4) is 0 Å². The van der Waals surface area contributed by atoms with Crippen LogP contribution in [0.5, 0.6) is 5.88 Å². The Morgan fingerprint density at radius 3 is 2.70 bits per heavy atom. The topological polar surface area (TPSA) is 34.1 Å². The maximum absolute atomic E-state index is 12.9. The fraction of sp³-hybridized carbons (Fsp3) is 0.312. The summed E-state index contributed by atoms with van der Waals surface area (Å²) in [7, 11) is 0. The molecular weight excluding hydrogens is 255 g/mol. The molecule has 0 spiro atoms. The summed E-state index contributed by atoms with van der Waals surface area (Å²) < 4.78 is 18.9. The molecule has 2 atom stereocenters. The largest absolute Gasteiger partial charge is 0.469 e. The molecule has 104 valence electrons. The summed E-state index contributed by atoms with van der Waals surface area (Å²) in [4.78, 5) is 4.00. The summed E-state index contributed by atoms with van der Waals surface area (Å²) in [5.41, 5.74) is 1.13. The van der Waals surface area contributed by atoms with Crippen LogP contribution in [0.1, 0.15) is 18.1 Å². The van der Waals surface area contributed by atoms with Crippen molar-refractivity contribution in [3.05, 3.63) is 60.0 Å². The highest BCUT2D eigenvalue weighted by Crippen LogP contribution is 2.31. The van der Waals surface area contributed by atoms with Gasteiger partial charge in [-0.2, -0.15) is 0 Å². The highest BCUT2D eigenvalue weighted by molar-refractivity contribution is 5.21. The lowest BCUT2D eigenvalue weighted by molar-refractivity contribution is 0.138. The monoisotopic (exact) mass is 272 g/mol. The summed E-state index contributed by atoms with van der Waals surface area (Å²) in [6, 6.07) is 13.1. The van der Waals surface area contributed by atoms with Crippen LogP contribution >= 0.6 is 0 Å². The van der Waals surface area contributed by atoms with Crippen LogP contribution in [0.2, 0.25) is 0 Å². The molecule has 1 aromatic heterocycles. The van der Waals surface area contributed by atoms with Crippen molar-refractivity contribution in [2.75, 3.05) is 13.1 Å². The van der Waals surface area contributed by atoms with Gasteiger partial charge in [0.15, 0.2) is 0 Å². The van der Waals surface area contributed by atoms with E-state index in [0.29, 0.717) is 11.8 Å². The molecule has 1 saturated heterocycles. The lowest BCUT2D eigenvalue weighted by Crippen LogP contribution is -2.21. The fourth-order valence-electron chi connectivity index (χ4n) is 2.58. The average molecular weight is 272 g/mol. The first-order chi connectivity index (χ1) is 9.83. The van der Waals surface area contributed by atoms with Gasteiger partial charge in [0.2, 0.25) is 5.88 Å². The van der Waals surface area contributed by atoms with Gasteiger partial charge in [0.1, 0.15) is 11.9 Å². The molecule has 2 aromatic rings. The van der Waals surface area contributed by atoms with Gasteiger partial charge in [0.25, 0.3) is 0 Å². The molecule has 1 aliphatic rings. The smallest absolute Gasteiger partial charge is 0.213 e. The van der Waals surface area contributed by atoms with E-state index >= 15 is 0 Å². The number of ether oxygens (including phenoxy) is 1. The zero-order chi connectivity index (χ0) is 13.8. The van der Waals surface area contributed by atoms with E-state index in [1.807, 2.05) is 18.2 Å². The Bertz CT molecular complexity index is 538. The second-order valence-corrected chi connectivity index (χ2v) is 5.02. The number of aromatic nitrogens is 1. The average Bonchev–Trinajstić information content (AvgIpc) is 3.01. The molecule has 0 amide bonds. The Morgan fingerprint density at radius 1 is 1.20 bits per heavy atom. The minimum atomic E-state index is -0.351. The molecule has 1 aliphatic heterocycles. The summed E-state index contributed by atoms with van der Waals surface area (Å²) in [5, 5.41) is 3.36. The van der Waals surface area contributed by atoms with Crippen LogP contribution in [-0.4, -0.2) is 18.1 Å². The zero-order valence-corrected chi connectivity index (χ0v) is 11.1. The lowest BCUT2D eigenvalue weighted by atomic mass is 9.95. The number of nitrogens with zero attached hydrogens (tertiary/aromatic N) is 1. The number of halogens is 1. The highest BCUT2D eigenvalue weighted by Gasteiger charge is 2.28. The van der Waals surface area contributed by atoms with E-state index in [2.05, 4.69) is 22.4 Å². The summed E-state index contributed by atoms with van der Waals surface area (Å²) >= 11 is 0. The Labute approximate surface area is 117 Å². The number of nitrogens with one attached hydrogen (secondary N) is 1. The molecule has 0 bridgehead atoms. The van der Waals surface area contributed by atoms with Crippen LogP contribution < -0.4 is 10.1 Å². The Kier molecular flexibility index (Phi) is 3.92. The number of hydrogen-bond acceptors (Lipinski definition) is 3. The predicted molar refractivity (Wildman–Crippen MR) is 75.0 cm³/mol. The van der Waals surface area contributed by atoms with E-state index < -0.39 is 0 Å². The molecule has 0 aliphatic carbocycles. The van der Waals surface area contributed by atoms with Crippen molar-refractivity contribution in [3.8, 4) is 5.88 Å². The molecule has 2 unspecified atom stereocenters. The molecule has 0 radical (unpaired) electrons. The first kappa shape index (κ1) is 13.1. The minimum Gasteiger partial charge on any atom is -0.469 e. The van der Waals surface area contributed by atoms with Gasteiger partial charge in [-0.1, -0.05) is 30.3 Å². The Hall–Kier alpha value is -1.94. The van der Waals surface area contributed by atoms with Crippen molar-refractivity contribution in [3.63, 3.8) is 0 Å². The summed E-state index contributed by atoms with van der Waals surface area (Å²) in [6.45, 7) is 1.94. The molecule has 4 heteroatoms. The molecule has 3 nitrogen and oxygen atoms in total. The maximum atomic E-state index is 12.9. The van der Waals surface area contributed by atoms with Gasteiger partial charge in [0.05, 0.1) is 6.20 Å². The van der Waals surface area contributed by atoms with Crippen molar-refractivity contribution in [2.45, 2.75) is 12.5 Å². The van der Waals surface area contributed by atoms with E-state index in [1.54, 1.807) is 6.07 Å². The molecule has 1 fully saturated rings.